The number of aromatic nitrogens is 1. The number of aliphatic hydroxyl groups excluding tert-OH is 1. The van der Waals surface area contributed by atoms with Gasteiger partial charge in [-0.1, -0.05) is 18.8 Å². The average molecular weight is 542 g/mol. The number of ether oxygens (including phenoxy) is 2. The van der Waals surface area contributed by atoms with Crippen LogP contribution in [0.4, 0.5) is 0 Å². The first-order valence-electron chi connectivity index (χ1n) is 12.9. The van der Waals surface area contributed by atoms with Gasteiger partial charge in [0, 0.05) is 68.2 Å². The van der Waals surface area contributed by atoms with Crippen LogP contribution < -0.4 is 4.74 Å². The second-order valence-electron chi connectivity index (χ2n) is 9.99. The summed E-state index contributed by atoms with van der Waals surface area (Å²) in [5, 5.41) is 9.84. The largest absolute Gasteiger partial charge is 0.487 e. The smallest absolute Gasteiger partial charge is 0.247 e. The van der Waals surface area contributed by atoms with E-state index in [2.05, 4.69) is 16.8 Å². The van der Waals surface area contributed by atoms with E-state index in [0.29, 0.717) is 38.2 Å². The Morgan fingerprint density at radius 2 is 1.87 bits per heavy atom. The number of pyridine rings is 1. The van der Waals surface area contributed by atoms with Gasteiger partial charge in [0.05, 0.1) is 13.2 Å². The van der Waals surface area contributed by atoms with Crippen LogP contribution in [0.25, 0.3) is 0 Å². The molecule has 1 amide bonds. The molecule has 2 aliphatic heterocycles. The van der Waals surface area contributed by atoms with Crippen LogP contribution in [0, 0.1) is 23.7 Å². The third kappa shape index (κ3) is 6.35. The summed E-state index contributed by atoms with van der Waals surface area (Å²) < 4.78 is 40.5. The van der Waals surface area contributed by atoms with Gasteiger partial charge >= 0.3 is 0 Å². The third-order valence-electron chi connectivity index (χ3n) is 7.10. The first-order valence-corrected chi connectivity index (χ1v) is 14.3. The highest BCUT2D eigenvalue weighted by atomic mass is 32.2. The van der Waals surface area contributed by atoms with Crippen molar-refractivity contribution < 1.29 is 27.8 Å². The topological polar surface area (TPSA) is 109 Å². The Morgan fingerprint density at radius 1 is 1.18 bits per heavy atom. The van der Waals surface area contributed by atoms with Crippen molar-refractivity contribution in [2.75, 3.05) is 40.0 Å². The zero-order chi connectivity index (χ0) is 27.3. The fourth-order valence-corrected chi connectivity index (χ4v) is 6.54. The van der Waals surface area contributed by atoms with E-state index < -0.39 is 22.2 Å². The zero-order valence-electron chi connectivity index (χ0n) is 22.0. The van der Waals surface area contributed by atoms with E-state index in [1.807, 2.05) is 6.92 Å². The molecule has 204 valence electrons. The standard InChI is InChI=1S/C28H35N3O6S/c1-20-17-31(21(2)19-32)38(34,35)27-7-6-23(5-4-22-8-12-29-13-9-22)16-25(27)37-26(20)18-30(3)28(33)24-10-14-36-15-11-24/h6-9,12-13,16,20-21,24,26,32H,10-11,14-15,17-19H2,1-3H3/t20-,21+,26-/m0/s1. The normalized spacial score (nSPS) is 22.5. The second-order valence-corrected chi connectivity index (χ2v) is 11.9. The number of likely N-dealkylation sites (N-methyl/N-ethyl adjacent to an activating group) is 1. The lowest BCUT2D eigenvalue weighted by Crippen LogP contribution is -2.50. The van der Waals surface area contributed by atoms with Crippen molar-refractivity contribution in [3.8, 4) is 17.6 Å². The lowest BCUT2D eigenvalue weighted by atomic mass is 9.97. The highest BCUT2D eigenvalue weighted by Gasteiger charge is 2.38. The molecule has 3 heterocycles. The van der Waals surface area contributed by atoms with Crippen molar-refractivity contribution in [3.63, 3.8) is 0 Å². The van der Waals surface area contributed by atoms with Gasteiger partial charge in [-0.25, -0.2) is 8.42 Å². The molecule has 2 aromatic rings. The summed E-state index contributed by atoms with van der Waals surface area (Å²) >= 11 is 0. The van der Waals surface area contributed by atoms with Gasteiger partial charge in [0.2, 0.25) is 15.9 Å². The van der Waals surface area contributed by atoms with Crippen LogP contribution in [0.1, 0.15) is 37.8 Å². The number of hydrogen-bond donors (Lipinski definition) is 1. The van der Waals surface area contributed by atoms with E-state index in [-0.39, 0.29) is 41.5 Å². The predicted molar refractivity (Wildman–Crippen MR) is 142 cm³/mol. The summed E-state index contributed by atoms with van der Waals surface area (Å²) in [4.78, 5) is 18.8. The van der Waals surface area contributed by atoms with Crippen LogP contribution in [0.5, 0.6) is 5.75 Å². The van der Waals surface area contributed by atoms with Crippen molar-refractivity contribution in [3.05, 3.63) is 53.9 Å². The molecule has 38 heavy (non-hydrogen) atoms. The van der Waals surface area contributed by atoms with Gasteiger partial charge in [-0.2, -0.15) is 4.31 Å². The molecule has 0 unspecified atom stereocenters. The number of rotatable bonds is 5. The van der Waals surface area contributed by atoms with E-state index in [4.69, 9.17) is 9.47 Å². The number of amides is 1. The van der Waals surface area contributed by atoms with E-state index in [1.165, 1.54) is 10.4 Å². The van der Waals surface area contributed by atoms with E-state index >= 15 is 0 Å². The molecule has 10 heteroatoms. The number of sulfonamides is 1. The fourth-order valence-electron chi connectivity index (χ4n) is 4.72. The summed E-state index contributed by atoms with van der Waals surface area (Å²) in [6.07, 6.45) is 4.21. The predicted octanol–water partition coefficient (Wildman–Crippen LogP) is 2.13. The lowest BCUT2D eigenvalue weighted by Gasteiger charge is -2.38. The molecular formula is C28H35N3O6S. The van der Waals surface area contributed by atoms with Gasteiger partial charge in [-0.3, -0.25) is 9.78 Å². The molecule has 3 atom stereocenters. The number of aliphatic hydroxyl groups is 1. The molecule has 0 radical (unpaired) electrons. The van der Waals surface area contributed by atoms with Crippen molar-refractivity contribution in [2.24, 2.45) is 11.8 Å². The zero-order valence-corrected chi connectivity index (χ0v) is 22.9. The highest BCUT2D eigenvalue weighted by molar-refractivity contribution is 7.89. The number of carbonyl (C=O) groups is 1. The Kier molecular flexibility index (Phi) is 9.05. The maximum absolute atomic E-state index is 13.7. The van der Waals surface area contributed by atoms with Gasteiger partial charge in [0.25, 0.3) is 0 Å². The van der Waals surface area contributed by atoms with Crippen molar-refractivity contribution in [1.82, 2.24) is 14.2 Å². The van der Waals surface area contributed by atoms with Crippen molar-refractivity contribution in [1.29, 1.82) is 0 Å². The van der Waals surface area contributed by atoms with Crippen molar-refractivity contribution in [2.45, 2.75) is 43.7 Å². The minimum absolute atomic E-state index is 0.0163. The molecule has 0 aliphatic carbocycles. The van der Waals surface area contributed by atoms with E-state index in [9.17, 15) is 18.3 Å². The Hall–Kier alpha value is -2.97. The fraction of sp³-hybridized carbons (Fsp3) is 0.500. The van der Waals surface area contributed by atoms with Crippen LogP contribution in [0.3, 0.4) is 0 Å². The van der Waals surface area contributed by atoms with Crippen LogP contribution in [0.2, 0.25) is 0 Å². The second kappa shape index (κ2) is 12.3. The van der Waals surface area contributed by atoms with Gasteiger partial charge in [0.15, 0.2) is 0 Å². The molecular weight excluding hydrogens is 506 g/mol. The maximum atomic E-state index is 13.7. The number of nitrogens with zero attached hydrogens (tertiary/aromatic N) is 3. The van der Waals surface area contributed by atoms with Gasteiger partial charge < -0.3 is 19.5 Å². The number of benzene rings is 1. The minimum atomic E-state index is -3.96. The molecule has 0 saturated carbocycles. The van der Waals surface area contributed by atoms with Crippen LogP contribution in [0.15, 0.2) is 47.6 Å². The first kappa shape index (κ1) is 28.0. The van der Waals surface area contributed by atoms with Gasteiger partial charge in [-0.05, 0) is 50.1 Å². The highest BCUT2D eigenvalue weighted by Crippen LogP contribution is 2.34. The van der Waals surface area contributed by atoms with Gasteiger partial charge in [-0.15, -0.1) is 0 Å². The molecule has 4 rings (SSSR count). The Bertz CT molecular complexity index is 1280. The van der Waals surface area contributed by atoms with Crippen LogP contribution in [-0.2, 0) is 19.6 Å². The Balaban J connectivity index is 1.68. The van der Waals surface area contributed by atoms with Crippen molar-refractivity contribution >= 4 is 15.9 Å². The first-order chi connectivity index (χ1) is 18.2. The summed E-state index contributed by atoms with van der Waals surface area (Å²) in [5.74, 6) is 5.99. The minimum Gasteiger partial charge on any atom is -0.487 e. The van der Waals surface area contributed by atoms with E-state index in [0.717, 1.165) is 5.56 Å². The molecule has 1 aromatic heterocycles. The molecule has 2 aliphatic rings. The van der Waals surface area contributed by atoms with Crippen LogP contribution >= 0.6 is 0 Å². The Morgan fingerprint density at radius 3 is 2.55 bits per heavy atom. The third-order valence-corrected chi connectivity index (χ3v) is 9.12. The Labute approximate surface area is 224 Å². The monoisotopic (exact) mass is 541 g/mol. The summed E-state index contributed by atoms with van der Waals surface area (Å²) in [5.41, 5.74) is 1.37. The van der Waals surface area contributed by atoms with Gasteiger partial charge in [0.1, 0.15) is 16.7 Å². The van der Waals surface area contributed by atoms with E-state index in [1.54, 1.807) is 55.5 Å². The molecule has 0 bridgehead atoms. The number of fused-ring (bicyclic) bond motifs is 1. The average Bonchev–Trinajstić information content (AvgIpc) is 2.93. The maximum Gasteiger partial charge on any atom is 0.247 e. The number of carbonyl (C=O) groups excluding carboxylic acids is 1. The molecule has 9 nitrogen and oxygen atoms in total. The summed E-state index contributed by atoms with van der Waals surface area (Å²) in [6.45, 7) is 4.86. The molecule has 1 saturated heterocycles. The summed E-state index contributed by atoms with van der Waals surface area (Å²) in [6, 6.07) is 7.74. The lowest BCUT2D eigenvalue weighted by molar-refractivity contribution is -0.138. The van der Waals surface area contributed by atoms with Crippen LogP contribution in [-0.4, -0.2) is 85.7 Å². The summed E-state index contributed by atoms with van der Waals surface area (Å²) in [7, 11) is -2.20. The molecule has 1 aromatic carbocycles. The SMILES string of the molecule is C[C@H](CO)N1C[C@H](C)[C@H](CN(C)C(=O)C2CCOCC2)Oc2cc(C#Cc3ccncc3)ccc2S1(=O)=O. The quantitative estimate of drug-likeness (QED) is 0.578. The molecule has 1 fully saturated rings. The molecule has 0 spiro atoms. The molecule has 1 N–H and O–H groups in total. The number of hydrogen-bond acceptors (Lipinski definition) is 7.